The van der Waals surface area contributed by atoms with Crippen LogP contribution in [-0.4, -0.2) is 33.2 Å². The molecule has 1 aliphatic rings. The van der Waals surface area contributed by atoms with Crippen molar-refractivity contribution in [3.63, 3.8) is 0 Å². The summed E-state index contributed by atoms with van der Waals surface area (Å²) in [6.07, 6.45) is 2.99. The van der Waals surface area contributed by atoms with E-state index in [0.29, 0.717) is 0 Å². The molecule has 0 saturated heterocycles. The minimum atomic E-state index is -0.728. The number of benzene rings is 1. The number of carbonyl (C=O) groups excluding carboxylic acids is 1. The van der Waals surface area contributed by atoms with Crippen LogP contribution in [0.3, 0.4) is 0 Å². The van der Waals surface area contributed by atoms with E-state index in [2.05, 4.69) is 4.98 Å². The van der Waals surface area contributed by atoms with Crippen molar-refractivity contribution in [3.05, 3.63) is 85.2 Å². The van der Waals surface area contributed by atoms with E-state index < -0.39 is 34.5 Å². The highest BCUT2D eigenvalue weighted by molar-refractivity contribution is 5.89. The molecule has 1 aliphatic heterocycles. The molecule has 0 spiro atoms. The lowest BCUT2D eigenvalue weighted by molar-refractivity contribution is -0.384. The Morgan fingerprint density at radius 1 is 1.23 bits per heavy atom. The van der Waals surface area contributed by atoms with Crippen molar-refractivity contribution < 1.29 is 19.2 Å². The van der Waals surface area contributed by atoms with Gasteiger partial charge in [0, 0.05) is 24.4 Å². The van der Waals surface area contributed by atoms with Gasteiger partial charge in [-0.1, -0.05) is 0 Å². The number of carbonyl (C=O) groups is 1. The van der Waals surface area contributed by atoms with E-state index >= 15 is 0 Å². The summed E-state index contributed by atoms with van der Waals surface area (Å²) in [7, 11) is 0. The smallest absolute Gasteiger partial charge is 0.338 e. The first-order valence-electron chi connectivity index (χ1n) is 7.51. The zero-order valence-electron chi connectivity index (χ0n) is 13.2. The SMILES string of the molecule is O=C(O[C@H]1C=C[C@H](n2ccc(=O)[nH]c2=O)OC1)c1ccc([N+](=O)[O-])cc1. The molecule has 0 saturated carbocycles. The minimum absolute atomic E-state index is 0.00541. The van der Waals surface area contributed by atoms with Crippen molar-refractivity contribution in [2.24, 2.45) is 0 Å². The van der Waals surface area contributed by atoms with Gasteiger partial charge >= 0.3 is 11.7 Å². The average molecular weight is 359 g/mol. The molecule has 0 aliphatic carbocycles. The molecule has 0 bridgehead atoms. The number of esters is 1. The Morgan fingerprint density at radius 3 is 2.54 bits per heavy atom. The molecule has 134 valence electrons. The third-order valence-electron chi connectivity index (χ3n) is 3.62. The minimum Gasteiger partial charge on any atom is -0.452 e. The van der Waals surface area contributed by atoms with E-state index in [-0.39, 0.29) is 17.9 Å². The molecule has 0 amide bonds. The van der Waals surface area contributed by atoms with Crippen molar-refractivity contribution in [1.29, 1.82) is 0 Å². The zero-order valence-corrected chi connectivity index (χ0v) is 13.2. The molecular formula is C16H13N3O7. The van der Waals surface area contributed by atoms with Gasteiger partial charge in [-0.05, 0) is 24.3 Å². The van der Waals surface area contributed by atoms with Crippen molar-refractivity contribution in [2.75, 3.05) is 6.61 Å². The lowest BCUT2D eigenvalue weighted by atomic mass is 10.2. The predicted molar refractivity (Wildman–Crippen MR) is 87.8 cm³/mol. The summed E-state index contributed by atoms with van der Waals surface area (Å²) in [4.78, 5) is 47.0. The Labute approximate surface area is 145 Å². The van der Waals surface area contributed by atoms with E-state index in [1.54, 1.807) is 6.08 Å². The number of H-pyrrole nitrogens is 1. The molecule has 1 aromatic carbocycles. The van der Waals surface area contributed by atoms with E-state index in [0.717, 1.165) is 0 Å². The number of aromatic nitrogens is 2. The van der Waals surface area contributed by atoms with Crippen LogP contribution >= 0.6 is 0 Å². The van der Waals surface area contributed by atoms with Crippen LogP contribution in [0.1, 0.15) is 16.6 Å². The normalized spacial score (nSPS) is 19.1. The number of hydrogen-bond acceptors (Lipinski definition) is 7. The fraction of sp³-hybridized carbons (Fsp3) is 0.188. The van der Waals surface area contributed by atoms with Crippen LogP contribution < -0.4 is 11.2 Å². The van der Waals surface area contributed by atoms with Gasteiger partial charge in [-0.15, -0.1) is 0 Å². The molecule has 10 heteroatoms. The zero-order chi connectivity index (χ0) is 18.7. The molecule has 0 unspecified atom stereocenters. The molecule has 0 radical (unpaired) electrons. The van der Waals surface area contributed by atoms with E-state index in [1.165, 1.54) is 47.2 Å². The van der Waals surface area contributed by atoms with Gasteiger partial charge in [0.25, 0.3) is 11.2 Å². The number of nitrogens with one attached hydrogen (secondary N) is 1. The third-order valence-corrected chi connectivity index (χ3v) is 3.62. The van der Waals surface area contributed by atoms with Crippen LogP contribution in [0.5, 0.6) is 0 Å². The summed E-state index contributed by atoms with van der Waals surface area (Å²) in [5.41, 5.74) is -1.09. The molecular weight excluding hydrogens is 346 g/mol. The first kappa shape index (κ1) is 17.3. The fourth-order valence-electron chi connectivity index (χ4n) is 2.32. The Bertz CT molecular complexity index is 974. The predicted octanol–water partition coefficient (Wildman–Crippen LogP) is 0.755. The second-order valence-electron chi connectivity index (χ2n) is 5.37. The number of non-ortho nitro benzene ring substituents is 1. The first-order valence-corrected chi connectivity index (χ1v) is 7.51. The van der Waals surface area contributed by atoms with Gasteiger partial charge in [0.2, 0.25) is 0 Å². The van der Waals surface area contributed by atoms with Gasteiger partial charge in [0.1, 0.15) is 6.10 Å². The summed E-state index contributed by atoms with van der Waals surface area (Å²) >= 11 is 0. The molecule has 2 atom stereocenters. The molecule has 2 aromatic rings. The summed E-state index contributed by atoms with van der Waals surface area (Å²) in [6.45, 7) is 0.00541. The van der Waals surface area contributed by atoms with Gasteiger partial charge in [-0.3, -0.25) is 24.5 Å². The number of nitro benzene ring substituents is 1. The molecule has 10 nitrogen and oxygen atoms in total. The Balaban J connectivity index is 1.65. The highest BCUT2D eigenvalue weighted by atomic mass is 16.6. The molecule has 3 rings (SSSR count). The average Bonchev–Trinajstić information content (AvgIpc) is 2.63. The second kappa shape index (κ2) is 7.15. The number of nitrogens with zero attached hydrogens (tertiary/aromatic N) is 2. The maximum Gasteiger partial charge on any atom is 0.338 e. The highest BCUT2D eigenvalue weighted by Crippen LogP contribution is 2.18. The quantitative estimate of drug-likeness (QED) is 0.368. The largest absolute Gasteiger partial charge is 0.452 e. The Hall–Kier alpha value is -3.53. The molecule has 1 aromatic heterocycles. The molecule has 2 heterocycles. The topological polar surface area (TPSA) is 134 Å². The lowest BCUT2D eigenvalue weighted by Crippen LogP contribution is -2.35. The van der Waals surface area contributed by atoms with Gasteiger partial charge < -0.3 is 9.47 Å². The Kier molecular flexibility index (Phi) is 4.76. The van der Waals surface area contributed by atoms with Crippen molar-refractivity contribution >= 4 is 11.7 Å². The summed E-state index contributed by atoms with van der Waals surface area (Å²) < 4.78 is 11.9. The lowest BCUT2D eigenvalue weighted by Gasteiger charge is -2.24. The van der Waals surface area contributed by atoms with Crippen LogP contribution in [-0.2, 0) is 9.47 Å². The van der Waals surface area contributed by atoms with Crippen LogP contribution in [0, 0.1) is 10.1 Å². The summed E-state index contributed by atoms with van der Waals surface area (Å²) in [6, 6.07) is 6.22. The molecule has 26 heavy (non-hydrogen) atoms. The first-order chi connectivity index (χ1) is 12.4. The molecule has 1 N–H and O–H groups in total. The standard InChI is InChI=1S/C16H13N3O7/c20-13-7-8-18(16(22)17-13)14-6-5-12(9-25-14)26-15(21)10-1-3-11(4-2-10)19(23)24/h1-8,12,14H,9H2,(H,17,20,22)/t12-,14+/m0/s1. The highest BCUT2D eigenvalue weighted by Gasteiger charge is 2.22. The number of rotatable bonds is 4. The van der Waals surface area contributed by atoms with Crippen molar-refractivity contribution in [1.82, 2.24) is 9.55 Å². The van der Waals surface area contributed by atoms with E-state index in [1.807, 2.05) is 0 Å². The van der Waals surface area contributed by atoms with Crippen LogP contribution in [0.25, 0.3) is 0 Å². The Morgan fingerprint density at radius 2 is 1.96 bits per heavy atom. The van der Waals surface area contributed by atoms with Gasteiger partial charge in [0.15, 0.2) is 6.23 Å². The monoisotopic (exact) mass is 359 g/mol. The maximum absolute atomic E-state index is 12.1. The van der Waals surface area contributed by atoms with E-state index in [9.17, 15) is 24.5 Å². The fourth-order valence-corrected chi connectivity index (χ4v) is 2.32. The number of aromatic amines is 1. The summed E-state index contributed by atoms with van der Waals surface area (Å²) in [5.74, 6) is -0.655. The van der Waals surface area contributed by atoms with E-state index in [4.69, 9.17) is 9.47 Å². The summed E-state index contributed by atoms with van der Waals surface area (Å²) in [5, 5.41) is 10.6. The van der Waals surface area contributed by atoms with Gasteiger partial charge in [-0.25, -0.2) is 9.59 Å². The van der Waals surface area contributed by atoms with Crippen LogP contribution in [0.4, 0.5) is 5.69 Å². The van der Waals surface area contributed by atoms with Crippen LogP contribution in [0.15, 0.2) is 58.3 Å². The number of hydrogen-bond donors (Lipinski definition) is 1. The number of ether oxygens (including phenoxy) is 2. The molecule has 0 fully saturated rings. The van der Waals surface area contributed by atoms with Crippen molar-refractivity contribution in [3.8, 4) is 0 Å². The number of nitro groups is 1. The van der Waals surface area contributed by atoms with Crippen molar-refractivity contribution in [2.45, 2.75) is 12.3 Å². The third kappa shape index (κ3) is 3.75. The maximum atomic E-state index is 12.1. The van der Waals surface area contributed by atoms with Gasteiger partial charge in [-0.2, -0.15) is 0 Å². The van der Waals surface area contributed by atoms with Crippen LogP contribution in [0.2, 0.25) is 0 Å². The van der Waals surface area contributed by atoms with Gasteiger partial charge in [0.05, 0.1) is 17.1 Å². The second-order valence-corrected chi connectivity index (χ2v) is 5.37.